The van der Waals surface area contributed by atoms with E-state index >= 15 is 0 Å². The van der Waals surface area contributed by atoms with Crippen LogP contribution < -0.4 is 5.32 Å². The van der Waals surface area contributed by atoms with E-state index < -0.39 is 0 Å². The van der Waals surface area contributed by atoms with Gasteiger partial charge < -0.3 is 5.32 Å². The van der Waals surface area contributed by atoms with Crippen LogP contribution in [0.4, 0.5) is 0 Å². The van der Waals surface area contributed by atoms with Gasteiger partial charge in [-0.05, 0) is 29.8 Å². The Balaban J connectivity index is 1.84. The summed E-state index contributed by atoms with van der Waals surface area (Å²) in [5.74, 6) is -0.0798. The van der Waals surface area contributed by atoms with Gasteiger partial charge in [0.2, 0.25) is 0 Å². The zero-order valence-corrected chi connectivity index (χ0v) is 11.6. The molecule has 3 rings (SSSR count). The minimum Gasteiger partial charge on any atom is -0.355 e. The van der Waals surface area contributed by atoms with E-state index in [2.05, 4.69) is 15.5 Å². The summed E-state index contributed by atoms with van der Waals surface area (Å²) in [4.78, 5) is 11.5. The van der Waals surface area contributed by atoms with Crippen molar-refractivity contribution in [2.24, 2.45) is 0 Å². The molecule has 1 amide bonds. The Labute approximate surface area is 122 Å². The summed E-state index contributed by atoms with van der Waals surface area (Å²) < 4.78 is 0. The lowest BCUT2D eigenvalue weighted by Crippen LogP contribution is -2.17. The molecule has 2 aromatic carbocycles. The molecule has 0 saturated carbocycles. The number of hydrogen-bond acceptors (Lipinski definition) is 2. The number of benzene rings is 2. The fourth-order valence-corrected chi connectivity index (χ4v) is 2.18. The Hall–Kier alpha value is -2.88. The standard InChI is InChI=1S/C17H15N3O/c1-18-17(21)13-9-6-12(7-10-13)8-11-16-14-4-2-3-5-15(14)19-20-16/h2-11H,1H3,(H,18,21)(H,19,20). The number of carbonyl (C=O) groups is 1. The summed E-state index contributed by atoms with van der Waals surface area (Å²) in [5.41, 5.74) is 3.60. The SMILES string of the molecule is CNC(=O)c1ccc(C=Cc2n[nH]c3ccccc23)cc1. The first kappa shape index (κ1) is 13.1. The van der Waals surface area contributed by atoms with Crippen LogP contribution in [0, 0.1) is 0 Å². The third-order valence-corrected chi connectivity index (χ3v) is 3.33. The number of nitrogens with one attached hydrogen (secondary N) is 2. The van der Waals surface area contributed by atoms with Gasteiger partial charge in [0.05, 0.1) is 11.2 Å². The van der Waals surface area contributed by atoms with Gasteiger partial charge in [-0.25, -0.2) is 0 Å². The zero-order chi connectivity index (χ0) is 14.7. The van der Waals surface area contributed by atoms with Gasteiger partial charge in [0, 0.05) is 18.0 Å². The number of hydrogen-bond donors (Lipinski definition) is 2. The molecule has 0 spiro atoms. The molecule has 0 radical (unpaired) electrons. The van der Waals surface area contributed by atoms with Crippen LogP contribution in [-0.4, -0.2) is 23.2 Å². The number of nitrogens with zero attached hydrogens (tertiary/aromatic N) is 1. The molecular formula is C17H15N3O. The molecule has 1 heterocycles. The van der Waals surface area contributed by atoms with Gasteiger partial charge in [0.15, 0.2) is 0 Å². The quantitative estimate of drug-likeness (QED) is 0.773. The van der Waals surface area contributed by atoms with Crippen LogP contribution in [0.3, 0.4) is 0 Å². The summed E-state index contributed by atoms with van der Waals surface area (Å²) in [6.45, 7) is 0. The van der Waals surface area contributed by atoms with E-state index in [1.54, 1.807) is 19.2 Å². The molecule has 0 aliphatic heterocycles. The fraction of sp³-hybridized carbons (Fsp3) is 0.0588. The molecule has 0 aliphatic rings. The van der Waals surface area contributed by atoms with Crippen LogP contribution in [0.15, 0.2) is 48.5 Å². The maximum atomic E-state index is 11.5. The van der Waals surface area contributed by atoms with Crippen molar-refractivity contribution in [3.63, 3.8) is 0 Å². The van der Waals surface area contributed by atoms with Gasteiger partial charge in [-0.1, -0.05) is 36.4 Å². The second-order valence-electron chi connectivity index (χ2n) is 4.69. The monoisotopic (exact) mass is 277 g/mol. The third kappa shape index (κ3) is 2.69. The molecule has 0 bridgehead atoms. The average molecular weight is 277 g/mol. The van der Waals surface area contributed by atoms with Crippen molar-refractivity contribution in [2.75, 3.05) is 7.05 Å². The zero-order valence-electron chi connectivity index (χ0n) is 11.6. The molecular weight excluding hydrogens is 262 g/mol. The van der Waals surface area contributed by atoms with E-state index in [0.717, 1.165) is 22.2 Å². The molecule has 3 aromatic rings. The van der Waals surface area contributed by atoms with Gasteiger partial charge in [0.1, 0.15) is 0 Å². The highest BCUT2D eigenvalue weighted by Gasteiger charge is 2.02. The van der Waals surface area contributed by atoms with E-state index in [0.29, 0.717) is 5.56 Å². The van der Waals surface area contributed by atoms with Crippen molar-refractivity contribution in [2.45, 2.75) is 0 Å². The molecule has 104 valence electrons. The lowest BCUT2D eigenvalue weighted by atomic mass is 10.1. The third-order valence-electron chi connectivity index (χ3n) is 3.33. The Morgan fingerprint density at radius 2 is 1.86 bits per heavy atom. The Bertz CT molecular complexity index is 800. The Morgan fingerprint density at radius 3 is 2.62 bits per heavy atom. The largest absolute Gasteiger partial charge is 0.355 e. The number of H-pyrrole nitrogens is 1. The second-order valence-corrected chi connectivity index (χ2v) is 4.69. The predicted octanol–water partition coefficient (Wildman–Crippen LogP) is 3.09. The van der Waals surface area contributed by atoms with E-state index in [1.807, 2.05) is 48.6 Å². The van der Waals surface area contributed by atoms with Crippen LogP contribution in [0.5, 0.6) is 0 Å². The van der Waals surface area contributed by atoms with Crippen LogP contribution in [0.1, 0.15) is 21.6 Å². The Kier molecular flexibility index (Phi) is 3.51. The summed E-state index contributed by atoms with van der Waals surface area (Å²) in [6.07, 6.45) is 3.95. The first-order chi connectivity index (χ1) is 10.3. The first-order valence-electron chi connectivity index (χ1n) is 6.71. The van der Waals surface area contributed by atoms with Crippen LogP contribution in [0.25, 0.3) is 23.1 Å². The van der Waals surface area contributed by atoms with Gasteiger partial charge >= 0.3 is 0 Å². The van der Waals surface area contributed by atoms with Crippen molar-refractivity contribution in [3.8, 4) is 0 Å². The number of rotatable bonds is 3. The number of aromatic nitrogens is 2. The van der Waals surface area contributed by atoms with Crippen molar-refractivity contribution in [1.82, 2.24) is 15.5 Å². The van der Waals surface area contributed by atoms with Gasteiger partial charge in [-0.3, -0.25) is 9.89 Å². The molecule has 0 fully saturated rings. The lowest BCUT2D eigenvalue weighted by molar-refractivity contribution is 0.0963. The Morgan fingerprint density at radius 1 is 1.10 bits per heavy atom. The normalized spacial score (nSPS) is 11.1. The van der Waals surface area contributed by atoms with Crippen LogP contribution >= 0.6 is 0 Å². The molecule has 21 heavy (non-hydrogen) atoms. The van der Waals surface area contributed by atoms with Crippen molar-refractivity contribution >= 4 is 29.0 Å². The molecule has 4 heteroatoms. The van der Waals surface area contributed by atoms with Gasteiger partial charge in [-0.2, -0.15) is 5.10 Å². The maximum Gasteiger partial charge on any atom is 0.251 e. The van der Waals surface area contributed by atoms with Crippen molar-refractivity contribution in [3.05, 3.63) is 65.4 Å². The number of carbonyl (C=O) groups excluding carboxylic acids is 1. The number of para-hydroxylation sites is 1. The van der Waals surface area contributed by atoms with E-state index in [4.69, 9.17) is 0 Å². The summed E-state index contributed by atoms with van der Waals surface area (Å²) >= 11 is 0. The first-order valence-corrected chi connectivity index (χ1v) is 6.71. The molecule has 0 unspecified atom stereocenters. The van der Waals surface area contributed by atoms with Gasteiger partial charge in [0.25, 0.3) is 5.91 Å². The predicted molar refractivity (Wildman–Crippen MR) is 84.9 cm³/mol. The topological polar surface area (TPSA) is 57.8 Å². The maximum absolute atomic E-state index is 11.5. The number of aromatic amines is 1. The second kappa shape index (κ2) is 5.63. The van der Waals surface area contributed by atoms with Crippen LogP contribution in [0.2, 0.25) is 0 Å². The summed E-state index contributed by atoms with van der Waals surface area (Å²) in [5, 5.41) is 11.0. The van der Waals surface area contributed by atoms with Gasteiger partial charge in [-0.15, -0.1) is 0 Å². The average Bonchev–Trinajstić information content (AvgIpc) is 2.96. The minimum atomic E-state index is -0.0798. The molecule has 0 atom stereocenters. The smallest absolute Gasteiger partial charge is 0.251 e. The molecule has 1 aromatic heterocycles. The fourth-order valence-electron chi connectivity index (χ4n) is 2.18. The lowest BCUT2D eigenvalue weighted by Gasteiger charge is -1.99. The molecule has 4 nitrogen and oxygen atoms in total. The highest BCUT2D eigenvalue weighted by Crippen LogP contribution is 2.17. The summed E-state index contributed by atoms with van der Waals surface area (Å²) in [7, 11) is 1.62. The summed E-state index contributed by atoms with van der Waals surface area (Å²) in [6, 6.07) is 15.4. The molecule has 2 N–H and O–H groups in total. The highest BCUT2D eigenvalue weighted by molar-refractivity contribution is 5.94. The molecule has 0 saturated heterocycles. The van der Waals surface area contributed by atoms with E-state index in [1.165, 1.54) is 0 Å². The minimum absolute atomic E-state index is 0.0798. The van der Waals surface area contributed by atoms with E-state index in [-0.39, 0.29) is 5.91 Å². The van der Waals surface area contributed by atoms with Crippen molar-refractivity contribution in [1.29, 1.82) is 0 Å². The molecule has 0 aliphatic carbocycles. The number of fused-ring (bicyclic) bond motifs is 1. The van der Waals surface area contributed by atoms with Crippen LogP contribution in [-0.2, 0) is 0 Å². The number of amides is 1. The van der Waals surface area contributed by atoms with Crippen molar-refractivity contribution < 1.29 is 4.79 Å². The van der Waals surface area contributed by atoms with E-state index in [9.17, 15) is 4.79 Å². The highest BCUT2D eigenvalue weighted by atomic mass is 16.1.